The lowest BCUT2D eigenvalue weighted by atomic mass is 9.92. The molecule has 2 heterocycles. The van der Waals surface area contributed by atoms with Gasteiger partial charge >= 0.3 is 0 Å². The molecule has 0 aliphatic carbocycles. The number of rotatable bonds is 2. The van der Waals surface area contributed by atoms with E-state index in [2.05, 4.69) is 17.1 Å². The molecule has 1 atom stereocenters. The standard InChI is InChI=1S/C18H13NOS/c20-18(15-11-21-17-6-2-1-5-14(15)17)13-7-8-16-12(10-13)4-3-9-19-16/h1-10,15H,11H2. The Morgan fingerprint density at radius 3 is 2.95 bits per heavy atom. The summed E-state index contributed by atoms with van der Waals surface area (Å²) in [7, 11) is 0. The summed E-state index contributed by atoms with van der Waals surface area (Å²) < 4.78 is 0. The highest BCUT2D eigenvalue weighted by atomic mass is 32.2. The van der Waals surface area contributed by atoms with Crippen LogP contribution >= 0.6 is 11.8 Å². The first-order chi connectivity index (χ1) is 10.3. The van der Waals surface area contributed by atoms with Gasteiger partial charge in [-0.2, -0.15) is 0 Å². The molecule has 0 bridgehead atoms. The van der Waals surface area contributed by atoms with E-state index in [1.165, 1.54) is 10.5 Å². The summed E-state index contributed by atoms with van der Waals surface area (Å²) in [5.41, 5.74) is 2.87. The Hall–Kier alpha value is -2.13. The second-order valence-electron chi connectivity index (χ2n) is 5.18. The van der Waals surface area contributed by atoms with Crippen LogP contribution in [0.15, 0.2) is 65.7 Å². The Labute approximate surface area is 127 Å². The molecule has 21 heavy (non-hydrogen) atoms. The first kappa shape index (κ1) is 12.6. The summed E-state index contributed by atoms with van der Waals surface area (Å²) in [6, 6.07) is 17.9. The van der Waals surface area contributed by atoms with Gasteiger partial charge in [-0.25, -0.2) is 0 Å². The van der Waals surface area contributed by atoms with E-state index in [0.29, 0.717) is 0 Å². The topological polar surface area (TPSA) is 30.0 Å². The van der Waals surface area contributed by atoms with Gasteiger partial charge in [0, 0.05) is 27.8 Å². The predicted octanol–water partition coefficient (Wildman–Crippen LogP) is 4.31. The zero-order chi connectivity index (χ0) is 14.2. The minimum Gasteiger partial charge on any atom is -0.293 e. The van der Waals surface area contributed by atoms with E-state index in [9.17, 15) is 4.79 Å². The molecule has 1 aliphatic rings. The van der Waals surface area contributed by atoms with Gasteiger partial charge in [0.2, 0.25) is 0 Å². The molecular weight excluding hydrogens is 278 g/mol. The average molecular weight is 291 g/mol. The summed E-state index contributed by atoms with van der Waals surface area (Å²) in [5, 5.41) is 1.02. The smallest absolute Gasteiger partial charge is 0.171 e. The van der Waals surface area contributed by atoms with E-state index in [0.717, 1.165) is 22.2 Å². The lowest BCUT2D eigenvalue weighted by Crippen LogP contribution is -2.12. The minimum atomic E-state index is -0.0275. The number of carbonyl (C=O) groups excluding carboxylic acids is 1. The van der Waals surface area contributed by atoms with Gasteiger partial charge in [-0.3, -0.25) is 9.78 Å². The van der Waals surface area contributed by atoms with Crippen molar-refractivity contribution < 1.29 is 4.79 Å². The van der Waals surface area contributed by atoms with E-state index in [1.807, 2.05) is 42.5 Å². The summed E-state index contributed by atoms with van der Waals surface area (Å²) >= 11 is 1.77. The molecule has 1 unspecified atom stereocenters. The van der Waals surface area contributed by atoms with Crippen molar-refractivity contribution in [2.24, 2.45) is 0 Å². The van der Waals surface area contributed by atoms with Crippen LogP contribution in [0.25, 0.3) is 10.9 Å². The minimum absolute atomic E-state index is 0.0275. The average Bonchev–Trinajstić information content (AvgIpc) is 2.98. The van der Waals surface area contributed by atoms with Crippen LogP contribution in [-0.4, -0.2) is 16.5 Å². The number of benzene rings is 2. The molecule has 0 saturated carbocycles. The van der Waals surface area contributed by atoms with Crippen LogP contribution < -0.4 is 0 Å². The molecule has 0 amide bonds. The van der Waals surface area contributed by atoms with Gasteiger partial charge in [-0.15, -0.1) is 11.8 Å². The van der Waals surface area contributed by atoms with Crippen molar-refractivity contribution in [1.82, 2.24) is 4.98 Å². The number of nitrogens with zero attached hydrogens (tertiary/aromatic N) is 1. The van der Waals surface area contributed by atoms with Gasteiger partial charge < -0.3 is 0 Å². The van der Waals surface area contributed by atoms with Crippen molar-refractivity contribution in [1.29, 1.82) is 0 Å². The van der Waals surface area contributed by atoms with Crippen molar-refractivity contribution >= 4 is 28.4 Å². The number of pyridine rings is 1. The second kappa shape index (κ2) is 5.01. The highest BCUT2D eigenvalue weighted by Gasteiger charge is 2.29. The maximum absolute atomic E-state index is 12.8. The van der Waals surface area contributed by atoms with Gasteiger partial charge in [0.15, 0.2) is 5.78 Å². The number of fused-ring (bicyclic) bond motifs is 2. The van der Waals surface area contributed by atoms with Gasteiger partial charge in [-0.05, 0) is 35.9 Å². The van der Waals surface area contributed by atoms with Gasteiger partial charge in [0.05, 0.1) is 11.4 Å². The molecule has 1 aliphatic heterocycles. The van der Waals surface area contributed by atoms with E-state index in [1.54, 1.807) is 18.0 Å². The SMILES string of the molecule is O=C(c1ccc2ncccc2c1)C1CSc2ccccc21. The maximum Gasteiger partial charge on any atom is 0.171 e. The Kier molecular flexibility index (Phi) is 3.00. The molecule has 2 aromatic carbocycles. The first-order valence-electron chi connectivity index (χ1n) is 6.94. The van der Waals surface area contributed by atoms with Crippen LogP contribution in [-0.2, 0) is 0 Å². The summed E-state index contributed by atoms with van der Waals surface area (Å²) in [4.78, 5) is 18.4. The Balaban J connectivity index is 1.74. The molecule has 0 radical (unpaired) electrons. The Bertz CT molecular complexity index is 843. The zero-order valence-electron chi connectivity index (χ0n) is 11.3. The number of thioether (sulfide) groups is 1. The molecule has 1 aromatic heterocycles. The lowest BCUT2D eigenvalue weighted by molar-refractivity contribution is 0.0968. The van der Waals surface area contributed by atoms with Crippen LogP contribution in [0, 0.1) is 0 Å². The molecule has 3 aromatic rings. The largest absolute Gasteiger partial charge is 0.293 e. The van der Waals surface area contributed by atoms with E-state index >= 15 is 0 Å². The number of hydrogen-bond acceptors (Lipinski definition) is 3. The zero-order valence-corrected chi connectivity index (χ0v) is 12.1. The van der Waals surface area contributed by atoms with Crippen LogP contribution in [0.1, 0.15) is 21.8 Å². The third-order valence-corrected chi connectivity index (χ3v) is 5.09. The third kappa shape index (κ3) is 2.14. The molecule has 3 heteroatoms. The molecule has 0 N–H and O–H groups in total. The predicted molar refractivity (Wildman–Crippen MR) is 86.0 cm³/mol. The lowest BCUT2D eigenvalue weighted by Gasteiger charge is -2.10. The fourth-order valence-corrected chi connectivity index (χ4v) is 4.04. The summed E-state index contributed by atoms with van der Waals surface area (Å²) in [6.07, 6.45) is 1.77. The highest BCUT2D eigenvalue weighted by molar-refractivity contribution is 7.99. The molecule has 102 valence electrons. The highest BCUT2D eigenvalue weighted by Crippen LogP contribution is 2.40. The van der Waals surface area contributed by atoms with Gasteiger partial charge in [0.25, 0.3) is 0 Å². The Morgan fingerprint density at radius 2 is 2.00 bits per heavy atom. The monoisotopic (exact) mass is 291 g/mol. The number of ketones is 1. The van der Waals surface area contributed by atoms with Crippen molar-refractivity contribution in [2.45, 2.75) is 10.8 Å². The van der Waals surface area contributed by atoms with Gasteiger partial charge in [0.1, 0.15) is 0 Å². The number of aromatic nitrogens is 1. The molecule has 0 fully saturated rings. The van der Waals surface area contributed by atoms with E-state index in [-0.39, 0.29) is 11.7 Å². The number of Topliss-reactive ketones (excluding diaryl/α,β-unsaturated/α-hetero) is 1. The number of carbonyl (C=O) groups is 1. The molecular formula is C18H13NOS. The van der Waals surface area contributed by atoms with E-state index in [4.69, 9.17) is 0 Å². The van der Waals surface area contributed by atoms with Gasteiger partial charge in [-0.1, -0.05) is 24.3 Å². The van der Waals surface area contributed by atoms with Crippen molar-refractivity contribution in [3.63, 3.8) is 0 Å². The van der Waals surface area contributed by atoms with E-state index < -0.39 is 0 Å². The summed E-state index contributed by atoms with van der Waals surface area (Å²) in [5.74, 6) is 1.02. The van der Waals surface area contributed by atoms with Crippen LogP contribution in [0.4, 0.5) is 0 Å². The van der Waals surface area contributed by atoms with Crippen molar-refractivity contribution in [2.75, 3.05) is 5.75 Å². The van der Waals surface area contributed by atoms with Crippen molar-refractivity contribution in [3.05, 3.63) is 71.9 Å². The fraction of sp³-hybridized carbons (Fsp3) is 0.111. The molecule has 0 saturated heterocycles. The quantitative estimate of drug-likeness (QED) is 0.659. The summed E-state index contributed by atoms with van der Waals surface area (Å²) in [6.45, 7) is 0. The molecule has 4 rings (SSSR count). The molecule has 0 spiro atoms. The van der Waals surface area contributed by atoms with Crippen LogP contribution in [0.3, 0.4) is 0 Å². The maximum atomic E-state index is 12.8. The van der Waals surface area contributed by atoms with Crippen molar-refractivity contribution in [3.8, 4) is 0 Å². The second-order valence-corrected chi connectivity index (χ2v) is 6.24. The van der Waals surface area contributed by atoms with Crippen LogP contribution in [0.2, 0.25) is 0 Å². The first-order valence-corrected chi connectivity index (χ1v) is 7.92. The normalized spacial score (nSPS) is 16.9. The van der Waals surface area contributed by atoms with Crippen LogP contribution in [0.5, 0.6) is 0 Å². The molecule has 2 nitrogen and oxygen atoms in total. The third-order valence-electron chi connectivity index (χ3n) is 3.90. The Morgan fingerprint density at radius 1 is 1.10 bits per heavy atom. The number of hydrogen-bond donors (Lipinski definition) is 0. The fourth-order valence-electron chi connectivity index (χ4n) is 2.81.